The van der Waals surface area contributed by atoms with Gasteiger partial charge in [-0.25, -0.2) is 4.98 Å². The van der Waals surface area contributed by atoms with E-state index in [0.29, 0.717) is 22.3 Å². The number of rotatable bonds is 4. The lowest BCUT2D eigenvalue weighted by molar-refractivity contribution is -0.382. The van der Waals surface area contributed by atoms with Gasteiger partial charge in [0.05, 0.1) is 16.1 Å². The van der Waals surface area contributed by atoms with Crippen molar-refractivity contribution >= 4 is 65.3 Å². The van der Waals surface area contributed by atoms with Gasteiger partial charge in [-0.05, 0) is 83.7 Å². The number of nitrogens with one attached hydrogen (secondary N) is 3. The number of fused-ring (bicyclic) bond motifs is 9. The molecule has 0 saturated carbocycles. The summed E-state index contributed by atoms with van der Waals surface area (Å²) in [5.41, 5.74) is 14.6. The van der Waals surface area contributed by atoms with Gasteiger partial charge < -0.3 is 15.0 Å². The van der Waals surface area contributed by atoms with Crippen molar-refractivity contribution in [1.29, 1.82) is 0 Å². The molecule has 0 aliphatic carbocycles. The summed E-state index contributed by atoms with van der Waals surface area (Å²) in [6, 6.07) is 34.7. The number of benzene rings is 3. The molecule has 0 saturated heterocycles. The maximum absolute atomic E-state index is 12.7. The Balaban J connectivity index is 1.61. The number of nitro groups is 1. The molecule has 3 aromatic carbocycles. The van der Waals surface area contributed by atoms with Crippen LogP contribution in [0.5, 0.6) is 0 Å². The summed E-state index contributed by atoms with van der Waals surface area (Å²) in [4.78, 5) is 28.3. The third kappa shape index (κ3) is 5.11. The molecular formula is C40H30BrN5O2. The van der Waals surface area contributed by atoms with Crippen LogP contribution in [-0.4, -0.2) is 24.9 Å². The van der Waals surface area contributed by atoms with Crippen LogP contribution < -0.4 is 0 Å². The second kappa shape index (κ2) is 11.5. The molecule has 8 rings (SSSR count). The Hall–Kier alpha value is -5.73. The van der Waals surface area contributed by atoms with Crippen LogP contribution in [0.3, 0.4) is 0 Å². The van der Waals surface area contributed by atoms with E-state index in [-0.39, 0.29) is 10.6 Å². The lowest BCUT2D eigenvalue weighted by Gasteiger charge is -2.06. The largest absolute Gasteiger partial charge is 0.354 e. The molecule has 0 fully saturated rings. The summed E-state index contributed by atoms with van der Waals surface area (Å²) in [5, 5.41) is 12.7. The zero-order valence-electron chi connectivity index (χ0n) is 26.5. The molecule has 48 heavy (non-hydrogen) atoms. The Morgan fingerprint density at radius 1 is 0.583 bits per heavy atom. The summed E-state index contributed by atoms with van der Waals surface area (Å²) < 4.78 is 0.731. The van der Waals surface area contributed by atoms with Crippen molar-refractivity contribution in [3.8, 4) is 33.4 Å². The van der Waals surface area contributed by atoms with E-state index in [1.54, 1.807) is 6.07 Å². The standard InChI is InChI=1S/C40H30BrN5O2/c1-22-4-10-25(11-5-22)36-29-16-17-31(42-29)37(26-12-6-23(2)7-13-26)33-20-28(41)39(44-33)34-21-35(46(47)48)40(45-34)38(32-19-18-30(36)43-32)27-14-8-24(3)9-15-27/h4-21,42-43,45H,1-3H3. The molecule has 0 unspecified atom stereocenters. The van der Waals surface area contributed by atoms with E-state index in [4.69, 9.17) is 4.98 Å². The van der Waals surface area contributed by atoms with Crippen LogP contribution in [-0.2, 0) is 0 Å². The first-order valence-electron chi connectivity index (χ1n) is 15.7. The van der Waals surface area contributed by atoms with Crippen LogP contribution >= 0.6 is 15.9 Å². The Morgan fingerprint density at radius 3 is 1.52 bits per heavy atom. The Bertz CT molecular complexity index is 2550. The van der Waals surface area contributed by atoms with Crippen LogP contribution in [0, 0.1) is 30.9 Å². The van der Waals surface area contributed by atoms with Crippen molar-refractivity contribution in [2.75, 3.05) is 0 Å². The number of hydrogen-bond acceptors (Lipinski definition) is 3. The average Bonchev–Trinajstić information content (AvgIpc) is 3.89. The Kier molecular flexibility index (Phi) is 7.11. The molecule has 234 valence electrons. The van der Waals surface area contributed by atoms with Crippen molar-refractivity contribution in [1.82, 2.24) is 19.9 Å². The molecule has 1 aliphatic rings. The normalized spacial score (nSPS) is 12.0. The van der Waals surface area contributed by atoms with Crippen molar-refractivity contribution < 1.29 is 4.92 Å². The van der Waals surface area contributed by atoms with Gasteiger partial charge in [0.1, 0.15) is 11.2 Å². The van der Waals surface area contributed by atoms with Gasteiger partial charge in [0.15, 0.2) is 0 Å². The molecule has 0 spiro atoms. The number of aromatic nitrogens is 4. The highest BCUT2D eigenvalue weighted by molar-refractivity contribution is 9.15. The highest BCUT2D eigenvalue weighted by atomic mass is 79.9. The number of halogens is 1. The fourth-order valence-corrected chi connectivity index (χ4v) is 7.00. The van der Waals surface area contributed by atoms with Gasteiger partial charge in [0, 0.05) is 49.3 Å². The van der Waals surface area contributed by atoms with Gasteiger partial charge in [-0.15, -0.1) is 0 Å². The SMILES string of the molecule is Cc1ccc(-c2c3nc(c4cc([N+](=O)[O-])c([nH]4)c(-c4ccc(C)cc4)c4ccc([nH]4)c(-c4ccc(C)cc4)c4ccc2[nH]4)C(Br)=C3)cc1. The van der Waals surface area contributed by atoms with Crippen molar-refractivity contribution in [3.05, 3.63) is 141 Å². The van der Waals surface area contributed by atoms with Crippen LogP contribution in [0.15, 0.2) is 103 Å². The summed E-state index contributed by atoms with van der Waals surface area (Å²) in [5.74, 6) is 0. The average molecular weight is 693 g/mol. The maximum Gasteiger partial charge on any atom is 0.295 e. The molecule has 0 atom stereocenters. The lowest BCUT2D eigenvalue weighted by atomic mass is 10.0. The quantitative estimate of drug-likeness (QED) is 0.126. The highest BCUT2D eigenvalue weighted by Gasteiger charge is 2.23. The smallest absolute Gasteiger partial charge is 0.295 e. The minimum atomic E-state index is -0.332. The minimum Gasteiger partial charge on any atom is -0.354 e. The summed E-state index contributed by atoms with van der Waals surface area (Å²) in [6.45, 7) is 6.17. The van der Waals surface area contributed by atoms with Crippen LogP contribution in [0.1, 0.15) is 28.1 Å². The number of hydrogen-bond donors (Lipinski definition) is 3. The van der Waals surface area contributed by atoms with E-state index >= 15 is 0 Å². The third-order valence-corrected chi connectivity index (χ3v) is 9.55. The molecule has 7 aromatic rings. The van der Waals surface area contributed by atoms with E-state index in [0.717, 1.165) is 71.2 Å². The van der Waals surface area contributed by atoms with Crippen LogP contribution in [0.25, 0.3) is 77.0 Å². The third-order valence-electron chi connectivity index (χ3n) is 8.95. The molecule has 5 heterocycles. The monoisotopic (exact) mass is 691 g/mol. The second-order valence-electron chi connectivity index (χ2n) is 12.3. The molecule has 0 radical (unpaired) electrons. The number of aromatic amines is 3. The molecular weight excluding hydrogens is 662 g/mol. The molecule has 3 N–H and O–H groups in total. The zero-order chi connectivity index (χ0) is 33.1. The molecule has 8 bridgehead atoms. The van der Waals surface area contributed by atoms with Gasteiger partial charge in [-0.1, -0.05) is 89.5 Å². The van der Waals surface area contributed by atoms with Gasteiger partial charge >= 0.3 is 0 Å². The van der Waals surface area contributed by atoms with E-state index < -0.39 is 0 Å². The molecule has 8 heteroatoms. The van der Waals surface area contributed by atoms with Crippen molar-refractivity contribution in [3.63, 3.8) is 0 Å². The maximum atomic E-state index is 12.7. The first-order chi connectivity index (χ1) is 23.2. The van der Waals surface area contributed by atoms with Crippen LogP contribution in [0.2, 0.25) is 0 Å². The zero-order valence-corrected chi connectivity index (χ0v) is 28.1. The van der Waals surface area contributed by atoms with Gasteiger partial charge in [-0.3, -0.25) is 10.1 Å². The summed E-state index contributed by atoms with van der Waals surface area (Å²) >= 11 is 3.75. The second-order valence-corrected chi connectivity index (χ2v) is 13.2. The molecule has 0 amide bonds. The predicted molar refractivity (Wildman–Crippen MR) is 200 cm³/mol. The highest BCUT2D eigenvalue weighted by Crippen LogP contribution is 2.41. The molecule has 4 aromatic heterocycles. The van der Waals surface area contributed by atoms with Gasteiger partial charge in [0.25, 0.3) is 5.69 Å². The Labute approximate surface area is 284 Å². The minimum absolute atomic E-state index is 0.0297. The molecule has 1 aliphatic heterocycles. The van der Waals surface area contributed by atoms with E-state index in [1.807, 2.05) is 49.4 Å². The fourth-order valence-electron chi connectivity index (χ4n) is 6.48. The first-order valence-corrected chi connectivity index (χ1v) is 16.5. The topological polar surface area (TPSA) is 103 Å². The Morgan fingerprint density at radius 2 is 1.02 bits per heavy atom. The predicted octanol–water partition coefficient (Wildman–Crippen LogP) is 11.3. The summed E-state index contributed by atoms with van der Waals surface area (Å²) in [7, 11) is 0. The van der Waals surface area contributed by atoms with Crippen molar-refractivity contribution in [2.45, 2.75) is 20.8 Å². The molecule has 7 nitrogen and oxygen atoms in total. The first kappa shape index (κ1) is 29.7. The van der Waals surface area contributed by atoms with Gasteiger partial charge in [0.2, 0.25) is 0 Å². The van der Waals surface area contributed by atoms with Crippen LogP contribution in [0.4, 0.5) is 5.69 Å². The lowest BCUT2D eigenvalue weighted by Crippen LogP contribution is -1.88. The summed E-state index contributed by atoms with van der Waals surface area (Å²) in [6.07, 6.45) is 1.98. The number of H-pyrrole nitrogens is 3. The van der Waals surface area contributed by atoms with Gasteiger partial charge in [-0.2, -0.15) is 0 Å². The van der Waals surface area contributed by atoms with E-state index in [9.17, 15) is 10.1 Å². The fraction of sp³-hybridized carbons (Fsp3) is 0.0750. The number of aryl methyl sites for hydroxylation is 3. The number of nitrogens with zero attached hydrogens (tertiary/aromatic N) is 2. The van der Waals surface area contributed by atoms with E-state index in [2.05, 4.69) is 105 Å². The van der Waals surface area contributed by atoms with Crippen molar-refractivity contribution in [2.24, 2.45) is 0 Å². The van der Waals surface area contributed by atoms with E-state index in [1.165, 1.54) is 5.56 Å².